The maximum absolute atomic E-state index is 6.71. The van der Waals surface area contributed by atoms with Gasteiger partial charge in [-0.2, -0.15) is 0 Å². The third kappa shape index (κ3) is 6.48. The molecule has 302 valence electrons. The SMILES string of the molecule is c1ccc(-c2ccc(N(c3cccc(N(c4ccccc4)c4ccccc4)c3)c3cccc4oc5ccc(-c6ccc7c8ccccc8n(-c8ccccc8)c7c6)cc5c34)cc2)cc1. The van der Waals surface area contributed by atoms with Crippen LogP contribution in [0.5, 0.6) is 0 Å². The zero-order valence-corrected chi connectivity index (χ0v) is 34.9. The molecule has 4 heteroatoms. The predicted molar refractivity (Wildman–Crippen MR) is 268 cm³/mol. The monoisotopic (exact) mass is 819 g/mol. The minimum atomic E-state index is 0.835. The number of fused-ring (bicyclic) bond motifs is 6. The number of benzene rings is 10. The molecule has 0 saturated carbocycles. The summed E-state index contributed by atoms with van der Waals surface area (Å²) >= 11 is 0. The van der Waals surface area contributed by atoms with Gasteiger partial charge < -0.3 is 18.8 Å². The highest BCUT2D eigenvalue weighted by Gasteiger charge is 2.22. The zero-order valence-electron chi connectivity index (χ0n) is 34.9. The van der Waals surface area contributed by atoms with Crippen molar-refractivity contribution in [2.45, 2.75) is 0 Å². The molecule has 0 atom stereocenters. The fraction of sp³-hybridized carbons (Fsp3) is 0. The van der Waals surface area contributed by atoms with E-state index < -0.39 is 0 Å². The topological polar surface area (TPSA) is 24.6 Å². The Morgan fingerprint density at radius 1 is 0.297 bits per heavy atom. The predicted octanol–water partition coefficient (Wildman–Crippen LogP) is 17.0. The van der Waals surface area contributed by atoms with Crippen molar-refractivity contribution in [3.05, 3.63) is 249 Å². The number of rotatable bonds is 9. The average Bonchev–Trinajstić information content (AvgIpc) is 3.91. The molecule has 12 aromatic rings. The summed E-state index contributed by atoms with van der Waals surface area (Å²) in [6, 6.07) is 88.7. The maximum atomic E-state index is 6.71. The number of para-hydroxylation sites is 4. The molecule has 4 nitrogen and oxygen atoms in total. The van der Waals surface area contributed by atoms with Gasteiger partial charge in [0.1, 0.15) is 11.2 Å². The molecule has 12 rings (SSSR count). The van der Waals surface area contributed by atoms with Crippen molar-refractivity contribution >= 4 is 77.9 Å². The standard InChI is InChI=1S/C60H41N3O/c1-5-17-42(18-6-1)43-31-35-49(36-32-43)62(51-26-15-25-50(41-51)61(46-19-7-2-8-20-46)47-21-9-3-10-22-47)56-29-16-30-59-60(56)54-39-44(34-38-58(54)64-59)45-33-37-53-52-27-13-14-28-55(52)63(57(53)40-45)48-23-11-4-12-24-48/h1-41H. The summed E-state index contributed by atoms with van der Waals surface area (Å²) in [7, 11) is 0. The molecule has 0 aliphatic rings. The van der Waals surface area contributed by atoms with E-state index in [0.29, 0.717) is 0 Å². The van der Waals surface area contributed by atoms with Crippen LogP contribution in [-0.4, -0.2) is 4.57 Å². The largest absolute Gasteiger partial charge is 0.456 e. The van der Waals surface area contributed by atoms with E-state index in [1.807, 2.05) is 0 Å². The summed E-state index contributed by atoms with van der Waals surface area (Å²) in [4.78, 5) is 4.69. The Labute approximate surface area is 371 Å². The number of furan rings is 1. The second-order valence-corrected chi connectivity index (χ2v) is 16.2. The fourth-order valence-electron chi connectivity index (χ4n) is 9.41. The molecule has 2 heterocycles. The van der Waals surface area contributed by atoms with Crippen LogP contribution < -0.4 is 9.80 Å². The van der Waals surface area contributed by atoms with Crippen LogP contribution in [-0.2, 0) is 0 Å². The summed E-state index contributed by atoms with van der Waals surface area (Å²) in [6.07, 6.45) is 0. The third-order valence-electron chi connectivity index (χ3n) is 12.3. The van der Waals surface area contributed by atoms with E-state index in [4.69, 9.17) is 4.42 Å². The van der Waals surface area contributed by atoms with Gasteiger partial charge in [0.15, 0.2) is 0 Å². The minimum Gasteiger partial charge on any atom is -0.456 e. The highest BCUT2D eigenvalue weighted by atomic mass is 16.3. The Morgan fingerprint density at radius 2 is 0.828 bits per heavy atom. The Morgan fingerprint density at radius 3 is 1.56 bits per heavy atom. The van der Waals surface area contributed by atoms with Crippen molar-refractivity contribution in [3.63, 3.8) is 0 Å². The van der Waals surface area contributed by atoms with Crippen molar-refractivity contribution in [2.24, 2.45) is 0 Å². The van der Waals surface area contributed by atoms with Gasteiger partial charge in [0.25, 0.3) is 0 Å². The number of aromatic nitrogens is 1. The first-order chi connectivity index (χ1) is 31.7. The molecule has 0 aliphatic heterocycles. The molecule has 0 bridgehead atoms. The molecule has 0 unspecified atom stereocenters. The van der Waals surface area contributed by atoms with Crippen LogP contribution in [0.2, 0.25) is 0 Å². The van der Waals surface area contributed by atoms with Gasteiger partial charge in [0, 0.05) is 50.3 Å². The van der Waals surface area contributed by atoms with Crippen molar-refractivity contribution in [2.75, 3.05) is 9.80 Å². The quantitative estimate of drug-likeness (QED) is 0.145. The van der Waals surface area contributed by atoms with E-state index in [0.717, 1.165) is 78.4 Å². The van der Waals surface area contributed by atoms with Crippen LogP contribution in [0.3, 0.4) is 0 Å². The van der Waals surface area contributed by atoms with Crippen LogP contribution in [0.4, 0.5) is 34.1 Å². The zero-order chi connectivity index (χ0) is 42.4. The lowest BCUT2D eigenvalue weighted by molar-refractivity contribution is 0.669. The molecule has 0 spiro atoms. The van der Waals surface area contributed by atoms with Gasteiger partial charge >= 0.3 is 0 Å². The lowest BCUT2D eigenvalue weighted by Gasteiger charge is -2.29. The number of hydrogen-bond acceptors (Lipinski definition) is 3. The van der Waals surface area contributed by atoms with Gasteiger partial charge in [0.2, 0.25) is 0 Å². The summed E-state index contributed by atoms with van der Waals surface area (Å²) in [6.45, 7) is 0. The second-order valence-electron chi connectivity index (χ2n) is 16.2. The van der Waals surface area contributed by atoms with Gasteiger partial charge in [-0.25, -0.2) is 0 Å². The van der Waals surface area contributed by atoms with Crippen LogP contribution in [0.15, 0.2) is 253 Å². The van der Waals surface area contributed by atoms with Gasteiger partial charge in [-0.3, -0.25) is 0 Å². The van der Waals surface area contributed by atoms with Gasteiger partial charge in [-0.05, 0) is 125 Å². The van der Waals surface area contributed by atoms with Gasteiger partial charge in [-0.1, -0.05) is 146 Å². The first kappa shape index (κ1) is 37.2. The average molecular weight is 820 g/mol. The Kier molecular flexibility index (Phi) is 9.12. The van der Waals surface area contributed by atoms with Crippen LogP contribution in [0.1, 0.15) is 0 Å². The number of nitrogens with zero attached hydrogens (tertiary/aromatic N) is 3. The Balaban J connectivity index is 1.04. The van der Waals surface area contributed by atoms with Crippen molar-refractivity contribution in [3.8, 4) is 27.9 Å². The third-order valence-corrected chi connectivity index (χ3v) is 12.3. The molecular formula is C60H41N3O. The highest BCUT2D eigenvalue weighted by molar-refractivity contribution is 6.15. The van der Waals surface area contributed by atoms with Gasteiger partial charge in [-0.15, -0.1) is 0 Å². The molecule has 64 heavy (non-hydrogen) atoms. The first-order valence-corrected chi connectivity index (χ1v) is 21.8. The summed E-state index contributed by atoms with van der Waals surface area (Å²) < 4.78 is 9.09. The molecular weight excluding hydrogens is 779 g/mol. The van der Waals surface area contributed by atoms with Crippen molar-refractivity contribution in [1.29, 1.82) is 0 Å². The number of anilines is 6. The summed E-state index contributed by atoms with van der Waals surface area (Å²) in [5.74, 6) is 0. The number of hydrogen-bond donors (Lipinski definition) is 0. The van der Waals surface area contributed by atoms with E-state index in [1.54, 1.807) is 0 Å². The van der Waals surface area contributed by atoms with E-state index in [2.05, 4.69) is 263 Å². The molecule has 10 aromatic carbocycles. The van der Waals surface area contributed by atoms with Crippen molar-refractivity contribution < 1.29 is 4.42 Å². The maximum Gasteiger partial charge on any atom is 0.137 e. The Bertz CT molecular complexity index is 3560. The summed E-state index contributed by atoms with van der Waals surface area (Å²) in [5.41, 5.74) is 16.1. The van der Waals surface area contributed by atoms with E-state index in [-0.39, 0.29) is 0 Å². The molecule has 0 N–H and O–H groups in total. The normalized spacial score (nSPS) is 11.4. The molecule has 0 aliphatic carbocycles. The fourth-order valence-corrected chi connectivity index (χ4v) is 9.41. The Hall–Kier alpha value is -8.60. The second kappa shape index (κ2) is 15.7. The van der Waals surface area contributed by atoms with Crippen LogP contribution in [0.25, 0.3) is 71.7 Å². The highest BCUT2D eigenvalue weighted by Crippen LogP contribution is 2.46. The van der Waals surface area contributed by atoms with E-state index in [9.17, 15) is 0 Å². The molecule has 0 saturated heterocycles. The first-order valence-electron chi connectivity index (χ1n) is 21.8. The van der Waals surface area contributed by atoms with Crippen molar-refractivity contribution in [1.82, 2.24) is 4.57 Å². The molecule has 0 fully saturated rings. The smallest absolute Gasteiger partial charge is 0.137 e. The van der Waals surface area contributed by atoms with E-state index >= 15 is 0 Å². The van der Waals surface area contributed by atoms with Gasteiger partial charge in [0.05, 0.1) is 22.1 Å². The molecule has 0 radical (unpaired) electrons. The minimum absolute atomic E-state index is 0.835. The lowest BCUT2D eigenvalue weighted by atomic mass is 10.00. The lowest BCUT2D eigenvalue weighted by Crippen LogP contribution is -2.13. The van der Waals surface area contributed by atoms with Crippen LogP contribution >= 0.6 is 0 Å². The van der Waals surface area contributed by atoms with E-state index in [1.165, 1.54) is 27.4 Å². The molecule has 0 amide bonds. The van der Waals surface area contributed by atoms with Crippen LogP contribution in [0, 0.1) is 0 Å². The molecule has 2 aromatic heterocycles. The summed E-state index contributed by atoms with van der Waals surface area (Å²) in [5, 5.41) is 4.59.